The molecule has 0 unspecified atom stereocenters. The largest absolute Gasteiger partial charge is 0.358 e. The zero-order valence-electron chi connectivity index (χ0n) is 4.79. The fraction of sp³-hybridized carbons (Fsp3) is 0. The molecule has 0 amide bonds. The van der Waals surface area contributed by atoms with E-state index in [1.807, 2.05) is 30.3 Å². The Bertz CT molecular complexity index is 228. The summed E-state index contributed by atoms with van der Waals surface area (Å²) in [6.45, 7) is 0. The smallest absolute Gasteiger partial charge is 0.0622 e. The first-order valence-electron chi connectivity index (χ1n) is 2.61. The topological polar surface area (TPSA) is 0 Å². The van der Waals surface area contributed by atoms with Gasteiger partial charge in [0.2, 0.25) is 0 Å². The Balaban J connectivity index is 2.94. The highest BCUT2D eigenvalue weighted by molar-refractivity contribution is 5.31. The fourth-order valence-electron chi connectivity index (χ4n) is 0.580. The summed E-state index contributed by atoms with van der Waals surface area (Å²) in [5, 5.41) is 0. The number of halogens is 1. The van der Waals surface area contributed by atoms with Crippen LogP contribution in [0.15, 0.2) is 30.3 Å². The van der Waals surface area contributed by atoms with E-state index in [4.69, 9.17) is 0 Å². The van der Waals surface area contributed by atoms with E-state index in [2.05, 4.69) is 9.85 Å². The molecule has 0 radical (unpaired) electrons. The van der Waals surface area contributed by atoms with Gasteiger partial charge in [-0.3, -0.25) is 0 Å². The second kappa shape index (κ2) is 3.52. The van der Waals surface area contributed by atoms with Gasteiger partial charge in [-0.2, -0.15) is 0 Å². The van der Waals surface area contributed by atoms with Crippen LogP contribution in [0.2, 0.25) is 0 Å². The van der Waals surface area contributed by atoms with Gasteiger partial charge in [0.05, 0.1) is 0 Å². The van der Waals surface area contributed by atoms with Crippen molar-refractivity contribution >= 4 is 0 Å². The summed E-state index contributed by atoms with van der Waals surface area (Å²) in [6.07, 6.45) is 0. The van der Waals surface area contributed by atoms with Crippen LogP contribution in [0.25, 0.3) is 0 Å². The summed E-state index contributed by atoms with van der Waals surface area (Å²) >= 11 is 1.78. The molecule has 0 bridgehead atoms. The van der Waals surface area contributed by atoms with Crippen molar-refractivity contribution in [3.05, 3.63) is 35.9 Å². The molecule has 0 aliphatic rings. The van der Waals surface area contributed by atoms with Crippen LogP contribution >= 0.6 is 0 Å². The third-order valence-electron chi connectivity index (χ3n) is 0.969. The van der Waals surface area contributed by atoms with Crippen molar-refractivity contribution in [2.24, 2.45) is 0 Å². The molecule has 1 rings (SSSR count). The van der Waals surface area contributed by atoms with Crippen molar-refractivity contribution in [2.45, 2.75) is 0 Å². The van der Waals surface area contributed by atoms with Crippen LogP contribution in [0.3, 0.4) is 0 Å². The first-order valence-corrected chi connectivity index (χ1v) is 3.78. The molecule has 0 heterocycles. The van der Waals surface area contributed by atoms with Gasteiger partial charge < -0.3 is 0 Å². The zero-order chi connectivity index (χ0) is 6.53. The van der Waals surface area contributed by atoms with Crippen molar-refractivity contribution in [3.63, 3.8) is 0 Å². The lowest BCUT2D eigenvalue weighted by atomic mass is 10.2. The molecule has 0 aromatic heterocycles. The summed E-state index contributed by atoms with van der Waals surface area (Å²) in [5.41, 5.74) is 1.09. The molecule has 1 heteroatoms. The van der Waals surface area contributed by atoms with Gasteiger partial charge in [0.15, 0.2) is 3.93 Å². The van der Waals surface area contributed by atoms with Crippen LogP contribution < -0.4 is 22.6 Å². The minimum absolute atomic E-state index is 1.09. The van der Waals surface area contributed by atoms with Gasteiger partial charge >= 0.3 is 22.6 Å². The van der Waals surface area contributed by atoms with Crippen molar-refractivity contribution in [1.82, 2.24) is 0 Å². The van der Waals surface area contributed by atoms with Gasteiger partial charge in [0.25, 0.3) is 0 Å². The minimum atomic E-state index is 1.09. The highest BCUT2D eigenvalue weighted by atomic mass is 127. The Morgan fingerprint density at radius 2 is 1.78 bits per heavy atom. The number of benzene rings is 1. The van der Waals surface area contributed by atoms with Crippen molar-refractivity contribution < 1.29 is 22.6 Å². The SMILES string of the molecule is [IH+]C#Cc1ccccc1. The van der Waals surface area contributed by atoms with Gasteiger partial charge in [-0.25, -0.2) is 0 Å². The maximum atomic E-state index is 2.96. The summed E-state index contributed by atoms with van der Waals surface area (Å²) in [4.78, 5) is 0. The molecule has 0 aliphatic heterocycles. The standard InChI is InChI=1S/C8H6I/c9-7-6-8-4-2-1-3-5-8/h1-5,9H/q+1. The van der Waals surface area contributed by atoms with Crippen LogP contribution in [-0.2, 0) is 0 Å². The van der Waals surface area contributed by atoms with E-state index >= 15 is 0 Å². The van der Waals surface area contributed by atoms with Crippen molar-refractivity contribution in [1.29, 1.82) is 0 Å². The van der Waals surface area contributed by atoms with Gasteiger partial charge in [-0.15, -0.1) is 0 Å². The maximum absolute atomic E-state index is 2.96. The number of rotatable bonds is 0. The maximum Gasteiger partial charge on any atom is 0.358 e. The second-order valence-corrected chi connectivity index (χ2v) is 2.18. The van der Waals surface area contributed by atoms with Crippen LogP contribution in [0.1, 0.15) is 5.56 Å². The van der Waals surface area contributed by atoms with E-state index in [9.17, 15) is 0 Å². The Labute approximate surface area is 68.4 Å². The molecule has 44 valence electrons. The number of hydrogen-bond donors (Lipinski definition) is 0. The summed E-state index contributed by atoms with van der Waals surface area (Å²) in [7, 11) is 0. The van der Waals surface area contributed by atoms with Crippen molar-refractivity contribution in [3.8, 4) is 9.85 Å². The van der Waals surface area contributed by atoms with E-state index in [-0.39, 0.29) is 0 Å². The molecule has 9 heavy (non-hydrogen) atoms. The molecule has 0 spiro atoms. The lowest BCUT2D eigenvalue weighted by Gasteiger charge is -1.81. The summed E-state index contributed by atoms with van der Waals surface area (Å²) in [5.74, 6) is 2.96. The van der Waals surface area contributed by atoms with E-state index in [1.165, 1.54) is 0 Å². The van der Waals surface area contributed by atoms with Crippen molar-refractivity contribution in [2.75, 3.05) is 0 Å². The Morgan fingerprint density at radius 3 is 2.33 bits per heavy atom. The van der Waals surface area contributed by atoms with E-state index in [0.29, 0.717) is 0 Å². The van der Waals surface area contributed by atoms with Gasteiger partial charge in [0.1, 0.15) is 0 Å². The van der Waals surface area contributed by atoms with Crippen LogP contribution in [0, 0.1) is 9.85 Å². The highest BCUT2D eigenvalue weighted by Crippen LogP contribution is 1.93. The van der Waals surface area contributed by atoms with E-state index in [0.717, 1.165) is 5.56 Å². The lowest BCUT2D eigenvalue weighted by Crippen LogP contribution is -3.31. The average Bonchev–Trinajstić information content (AvgIpc) is 1.91. The molecule has 0 saturated heterocycles. The molecule has 0 atom stereocenters. The molecule has 0 aliphatic carbocycles. The molecular weight excluding hydrogens is 223 g/mol. The summed E-state index contributed by atoms with van der Waals surface area (Å²) < 4.78 is 2.84. The zero-order valence-corrected chi connectivity index (χ0v) is 7.13. The molecule has 1 aromatic rings. The third kappa shape index (κ3) is 2.06. The fourth-order valence-corrected chi connectivity index (χ4v) is 0.917. The monoisotopic (exact) mass is 229 g/mol. The molecular formula is C8H6I+. The first kappa shape index (κ1) is 6.63. The van der Waals surface area contributed by atoms with E-state index < -0.39 is 0 Å². The molecule has 0 saturated carbocycles. The van der Waals surface area contributed by atoms with Crippen LogP contribution in [0.4, 0.5) is 0 Å². The average molecular weight is 229 g/mol. The molecule has 1 aromatic carbocycles. The predicted molar refractivity (Wildman–Crippen MR) is 34.7 cm³/mol. The molecule has 0 N–H and O–H groups in total. The molecule has 0 nitrogen and oxygen atoms in total. The van der Waals surface area contributed by atoms with Gasteiger partial charge in [-0.1, -0.05) is 18.2 Å². The Hall–Kier alpha value is -0.490. The predicted octanol–water partition coefficient (Wildman–Crippen LogP) is -1.72. The highest BCUT2D eigenvalue weighted by Gasteiger charge is 1.80. The number of hydrogen-bond acceptors (Lipinski definition) is 0. The summed E-state index contributed by atoms with van der Waals surface area (Å²) in [6, 6.07) is 9.96. The van der Waals surface area contributed by atoms with Gasteiger partial charge in [0, 0.05) is 5.56 Å². The first-order chi connectivity index (χ1) is 4.43. The minimum Gasteiger partial charge on any atom is -0.0622 e. The Kier molecular flexibility index (Phi) is 2.59. The normalized spacial score (nSPS) is 7.67. The second-order valence-electron chi connectivity index (χ2n) is 1.59. The van der Waals surface area contributed by atoms with Gasteiger partial charge in [-0.05, 0) is 18.1 Å². The van der Waals surface area contributed by atoms with Crippen LogP contribution in [-0.4, -0.2) is 0 Å². The lowest BCUT2D eigenvalue weighted by molar-refractivity contribution is -0.247. The molecule has 0 fully saturated rings. The van der Waals surface area contributed by atoms with E-state index in [1.54, 1.807) is 22.6 Å². The quantitative estimate of drug-likeness (QED) is 0.367. The Morgan fingerprint density at radius 1 is 1.11 bits per heavy atom. The third-order valence-corrected chi connectivity index (χ3v) is 1.26. The van der Waals surface area contributed by atoms with Crippen LogP contribution in [0.5, 0.6) is 0 Å².